The van der Waals surface area contributed by atoms with E-state index in [4.69, 9.17) is 4.74 Å². The molecule has 0 aliphatic carbocycles. The zero-order valence-electron chi connectivity index (χ0n) is 19.4. The summed E-state index contributed by atoms with van der Waals surface area (Å²) in [5.74, 6) is 0.154. The average molecular weight is 458 g/mol. The van der Waals surface area contributed by atoms with Crippen LogP contribution in [0.1, 0.15) is 36.1 Å². The third kappa shape index (κ3) is 5.01. The first-order valence-corrected chi connectivity index (χ1v) is 12.3. The summed E-state index contributed by atoms with van der Waals surface area (Å²) in [6.45, 7) is 3.50. The molecule has 3 fully saturated rings. The maximum Gasteiger partial charge on any atom is 0.333 e. The van der Waals surface area contributed by atoms with Crippen LogP contribution >= 0.6 is 0 Å². The van der Waals surface area contributed by atoms with Crippen molar-refractivity contribution in [2.45, 2.75) is 31.1 Å². The van der Waals surface area contributed by atoms with Gasteiger partial charge in [0.2, 0.25) is 0 Å². The number of carbonyl (C=O) groups excluding carboxylic acids is 1. The number of aliphatic hydroxyl groups excluding tert-OH is 1. The van der Waals surface area contributed by atoms with Crippen LogP contribution in [0.3, 0.4) is 0 Å². The molecule has 6 rings (SSSR count). The van der Waals surface area contributed by atoms with Gasteiger partial charge in [-0.3, -0.25) is 0 Å². The fraction of sp³-hybridized carbons (Fsp3) is 0.345. The molecule has 0 amide bonds. The summed E-state index contributed by atoms with van der Waals surface area (Å²) in [5.41, 5.74) is 2.73. The molecule has 0 aromatic heterocycles. The van der Waals surface area contributed by atoms with E-state index in [9.17, 15) is 9.90 Å². The van der Waals surface area contributed by atoms with E-state index in [-0.39, 0.29) is 12.1 Å². The van der Waals surface area contributed by atoms with E-state index in [1.54, 1.807) is 0 Å². The van der Waals surface area contributed by atoms with Crippen molar-refractivity contribution in [3.05, 3.63) is 102 Å². The molecule has 2 N–H and O–H groups in total. The average Bonchev–Trinajstić information content (AvgIpc) is 2.89. The molecule has 2 bridgehead atoms. The predicted octanol–water partition coefficient (Wildman–Crippen LogP) is 4.73. The van der Waals surface area contributed by atoms with Gasteiger partial charge in [-0.1, -0.05) is 78.9 Å². The van der Waals surface area contributed by atoms with Crippen LogP contribution in [0.5, 0.6) is 0 Å². The summed E-state index contributed by atoms with van der Waals surface area (Å²) < 4.78 is 7.04. The van der Waals surface area contributed by atoms with E-state index in [1.165, 1.54) is 0 Å². The van der Waals surface area contributed by atoms with Crippen LogP contribution < -0.4 is 5.32 Å². The molecule has 0 spiro atoms. The van der Waals surface area contributed by atoms with E-state index < -0.39 is 12.1 Å². The Kier molecular flexibility index (Phi) is 6.66. The summed E-state index contributed by atoms with van der Waals surface area (Å²) >= 11 is 0. The van der Waals surface area contributed by atoms with Gasteiger partial charge in [-0.05, 0) is 23.3 Å². The van der Waals surface area contributed by atoms with Crippen molar-refractivity contribution in [1.82, 2.24) is 0 Å². The maximum atomic E-state index is 13.5. The van der Waals surface area contributed by atoms with Crippen molar-refractivity contribution in [2.75, 3.05) is 31.5 Å². The number of benzene rings is 3. The number of nitrogens with zero attached hydrogens (tertiary/aromatic N) is 1. The number of rotatable bonds is 8. The first kappa shape index (κ1) is 22.6. The van der Waals surface area contributed by atoms with Gasteiger partial charge in [0.1, 0.15) is 19.2 Å². The molecule has 1 unspecified atom stereocenters. The molecule has 3 aliphatic rings. The number of nitrogens with one attached hydrogen (secondary N) is 1. The Morgan fingerprint density at radius 3 is 2.06 bits per heavy atom. The normalized spacial score (nSPS) is 25.3. The third-order valence-electron chi connectivity index (χ3n) is 7.51. The van der Waals surface area contributed by atoms with E-state index in [0.29, 0.717) is 12.5 Å². The highest BCUT2D eigenvalue weighted by Gasteiger charge is 2.48. The second-order valence-corrected chi connectivity index (χ2v) is 9.75. The fourth-order valence-electron chi connectivity index (χ4n) is 5.60. The van der Waals surface area contributed by atoms with Crippen LogP contribution in [0.25, 0.3) is 0 Å². The number of piperidine rings is 3. The second kappa shape index (κ2) is 10.00. The molecule has 3 aromatic rings. The van der Waals surface area contributed by atoms with Crippen LogP contribution in [0, 0.1) is 5.92 Å². The molecule has 34 heavy (non-hydrogen) atoms. The zero-order valence-corrected chi connectivity index (χ0v) is 19.4. The highest BCUT2D eigenvalue weighted by molar-refractivity contribution is 5.81. The number of quaternary nitrogens is 1. The molecule has 3 heterocycles. The highest BCUT2D eigenvalue weighted by atomic mass is 16.5. The minimum atomic E-state index is -0.567. The summed E-state index contributed by atoms with van der Waals surface area (Å²) in [6.07, 6.45) is 1.43. The molecule has 5 heteroatoms. The van der Waals surface area contributed by atoms with Crippen LogP contribution in [0.2, 0.25) is 0 Å². The summed E-state index contributed by atoms with van der Waals surface area (Å²) in [6, 6.07) is 28.9. The number of fused-ring (bicyclic) bond motifs is 3. The maximum absolute atomic E-state index is 13.5. The Hall–Kier alpha value is -3.15. The lowest BCUT2D eigenvalue weighted by atomic mass is 9.82. The molecule has 0 saturated carbocycles. The topological polar surface area (TPSA) is 58.6 Å². The van der Waals surface area contributed by atoms with Gasteiger partial charge in [0.25, 0.3) is 0 Å². The van der Waals surface area contributed by atoms with Gasteiger partial charge >= 0.3 is 5.97 Å². The van der Waals surface area contributed by atoms with Gasteiger partial charge in [-0.25, -0.2) is 4.79 Å². The summed E-state index contributed by atoms with van der Waals surface area (Å²) in [4.78, 5) is 13.5. The van der Waals surface area contributed by atoms with Crippen LogP contribution in [0.4, 0.5) is 5.69 Å². The van der Waals surface area contributed by atoms with E-state index >= 15 is 0 Å². The smallest absolute Gasteiger partial charge is 0.333 e. The van der Waals surface area contributed by atoms with Crippen molar-refractivity contribution in [2.24, 2.45) is 5.92 Å². The first-order valence-electron chi connectivity index (χ1n) is 12.3. The van der Waals surface area contributed by atoms with Crippen molar-refractivity contribution in [1.29, 1.82) is 0 Å². The molecule has 176 valence electrons. The third-order valence-corrected chi connectivity index (χ3v) is 7.51. The summed E-state index contributed by atoms with van der Waals surface area (Å²) in [5, 5.41) is 14.3. The number of hydrogen-bond acceptors (Lipinski definition) is 4. The predicted molar refractivity (Wildman–Crippen MR) is 133 cm³/mol. The number of para-hydroxylation sites is 1. The quantitative estimate of drug-likeness (QED) is 0.379. The summed E-state index contributed by atoms with van der Waals surface area (Å²) in [7, 11) is 0. The number of carbonyl (C=O) groups is 1. The largest absolute Gasteiger partial charge is 0.454 e. The molecule has 3 atom stereocenters. The Labute approximate surface area is 201 Å². The molecule has 3 aliphatic heterocycles. The molecule has 5 nitrogen and oxygen atoms in total. The van der Waals surface area contributed by atoms with Gasteiger partial charge in [0.15, 0.2) is 12.1 Å². The Morgan fingerprint density at radius 1 is 0.882 bits per heavy atom. The van der Waals surface area contributed by atoms with Crippen LogP contribution in [-0.4, -0.2) is 47.8 Å². The van der Waals surface area contributed by atoms with Gasteiger partial charge in [-0.15, -0.1) is 0 Å². The standard InChI is InChI=1S/C29H33N2O3/c32-26(22-10-4-1-5-11-22)20-31-18-16-23(17-19-31)27(21-31)34-29(33)28(24-12-6-2-7-13-24)30-25-14-8-3-9-15-25/h1-15,23,26-28,30,32H,16-21H2/q+1/t23?,26?,27-,28+,31?/m0/s1. The second-order valence-electron chi connectivity index (χ2n) is 9.75. The molecule has 3 saturated heterocycles. The van der Waals surface area contributed by atoms with Gasteiger partial charge in [0, 0.05) is 24.4 Å². The lowest BCUT2D eigenvalue weighted by Gasteiger charge is -2.52. The number of hydrogen-bond donors (Lipinski definition) is 2. The van der Waals surface area contributed by atoms with E-state index in [0.717, 1.165) is 53.8 Å². The van der Waals surface area contributed by atoms with Crippen molar-refractivity contribution in [3.63, 3.8) is 0 Å². The SMILES string of the molecule is O=C(O[C@H]1C[N+]2(CC(O)c3ccccc3)CCC1CC2)[C@H](Nc1ccccc1)c1ccccc1. The zero-order chi connectivity index (χ0) is 23.4. The number of anilines is 1. The van der Waals surface area contributed by atoms with Crippen LogP contribution in [-0.2, 0) is 9.53 Å². The number of ether oxygens (including phenoxy) is 1. The highest BCUT2D eigenvalue weighted by Crippen LogP contribution is 2.38. The minimum absolute atomic E-state index is 0.123. The Balaban J connectivity index is 1.30. The van der Waals surface area contributed by atoms with Crippen molar-refractivity contribution < 1.29 is 19.1 Å². The molecule has 3 aromatic carbocycles. The molecular formula is C29H33N2O3+. The van der Waals surface area contributed by atoms with E-state index in [1.807, 2.05) is 91.0 Å². The lowest BCUT2D eigenvalue weighted by molar-refractivity contribution is -0.949. The van der Waals surface area contributed by atoms with E-state index in [2.05, 4.69) is 5.32 Å². The van der Waals surface area contributed by atoms with Crippen molar-refractivity contribution in [3.8, 4) is 0 Å². The van der Waals surface area contributed by atoms with Gasteiger partial charge in [-0.2, -0.15) is 0 Å². The van der Waals surface area contributed by atoms with Crippen LogP contribution in [0.15, 0.2) is 91.0 Å². The molecule has 0 radical (unpaired) electrons. The number of aliphatic hydroxyl groups is 1. The Bertz CT molecular complexity index is 1070. The number of esters is 1. The Morgan fingerprint density at radius 2 is 1.44 bits per heavy atom. The van der Waals surface area contributed by atoms with Gasteiger partial charge in [0.05, 0.1) is 13.1 Å². The van der Waals surface area contributed by atoms with Crippen molar-refractivity contribution >= 4 is 11.7 Å². The van der Waals surface area contributed by atoms with Gasteiger partial charge < -0.3 is 19.6 Å². The minimum Gasteiger partial charge on any atom is -0.454 e. The molecular weight excluding hydrogens is 424 g/mol. The first-order chi connectivity index (χ1) is 16.6. The lowest BCUT2D eigenvalue weighted by Crippen LogP contribution is -2.65. The monoisotopic (exact) mass is 457 g/mol. The fourth-order valence-corrected chi connectivity index (χ4v) is 5.60.